The largest absolute Gasteiger partial charge is 0.387 e. The third-order valence-electron chi connectivity index (χ3n) is 3.54. The minimum atomic E-state index is -3.73. The molecule has 3 aromatic rings. The van der Waals surface area contributed by atoms with Crippen LogP contribution in [0.2, 0.25) is 0 Å². The van der Waals surface area contributed by atoms with E-state index in [9.17, 15) is 13.5 Å². The molecule has 6 heteroatoms. The molecule has 1 heterocycles. The molecule has 5 nitrogen and oxygen atoms in total. The topological polar surface area (TPSA) is 79.3 Å². The third-order valence-corrected chi connectivity index (χ3v) is 4.88. The number of hydrogen-bond acceptors (Lipinski definition) is 4. The summed E-state index contributed by atoms with van der Waals surface area (Å²) in [5.41, 5.74) is 0.660. The van der Waals surface area contributed by atoms with Crippen molar-refractivity contribution in [3.63, 3.8) is 0 Å². The Balaban J connectivity index is 1.74. The predicted octanol–water partition coefficient (Wildman–Crippen LogP) is 2.25. The van der Waals surface area contributed by atoms with Gasteiger partial charge in [-0.25, -0.2) is 18.1 Å². The molecule has 0 fully saturated rings. The molecule has 1 unspecified atom stereocenters. The van der Waals surface area contributed by atoms with Gasteiger partial charge in [-0.2, -0.15) is 0 Å². The van der Waals surface area contributed by atoms with Crippen molar-refractivity contribution in [2.24, 2.45) is 0 Å². The number of aromatic nitrogens is 1. The van der Waals surface area contributed by atoms with Gasteiger partial charge in [0.05, 0.1) is 6.10 Å². The Bertz CT molecular complexity index is 911. The van der Waals surface area contributed by atoms with E-state index in [1.807, 2.05) is 36.4 Å². The van der Waals surface area contributed by atoms with Crippen molar-refractivity contribution in [2.75, 3.05) is 6.54 Å². The molecule has 0 spiro atoms. The Morgan fingerprint density at radius 3 is 2.48 bits per heavy atom. The minimum Gasteiger partial charge on any atom is -0.387 e. The van der Waals surface area contributed by atoms with Crippen LogP contribution in [0.5, 0.6) is 0 Å². The zero-order valence-corrected chi connectivity index (χ0v) is 13.1. The molecule has 0 amide bonds. The van der Waals surface area contributed by atoms with Gasteiger partial charge in [-0.1, -0.05) is 42.5 Å². The highest BCUT2D eigenvalue weighted by Crippen LogP contribution is 2.20. The third kappa shape index (κ3) is 3.56. The minimum absolute atomic E-state index is 0.0642. The van der Waals surface area contributed by atoms with Crippen LogP contribution in [0, 0.1) is 0 Å². The SMILES string of the molecule is O=S(=O)(NCC(O)c1ccc2ccccc2c1)c1ccccn1. The van der Waals surface area contributed by atoms with Crippen LogP contribution in [0.25, 0.3) is 10.8 Å². The molecule has 0 aliphatic heterocycles. The first-order valence-corrected chi connectivity index (χ1v) is 8.62. The zero-order valence-electron chi connectivity index (χ0n) is 12.3. The van der Waals surface area contributed by atoms with E-state index in [0.29, 0.717) is 5.56 Å². The van der Waals surface area contributed by atoms with E-state index in [1.165, 1.54) is 12.3 Å². The highest BCUT2D eigenvalue weighted by atomic mass is 32.2. The van der Waals surface area contributed by atoms with Gasteiger partial charge in [0.25, 0.3) is 10.0 Å². The second-order valence-electron chi connectivity index (χ2n) is 5.14. The molecule has 2 aromatic carbocycles. The number of rotatable bonds is 5. The highest BCUT2D eigenvalue weighted by molar-refractivity contribution is 7.89. The molecule has 0 saturated heterocycles. The Kier molecular flexibility index (Phi) is 4.38. The van der Waals surface area contributed by atoms with Crippen LogP contribution in [0.15, 0.2) is 71.9 Å². The Morgan fingerprint density at radius 1 is 1.00 bits per heavy atom. The number of aliphatic hydroxyl groups excluding tert-OH is 1. The average molecular weight is 328 g/mol. The zero-order chi connectivity index (χ0) is 16.3. The van der Waals surface area contributed by atoms with Crippen LogP contribution in [0.4, 0.5) is 0 Å². The van der Waals surface area contributed by atoms with Gasteiger partial charge >= 0.3 is 0 Å². The highest BCUT2D eigenvalue weighted by Gasteiger charge is 2.17. The fourth-order valence-electron chi connectivity index (χ4n) is 2.30. The summed E-state index contributed by atoms with van der Waals surface area (Å²) in [5.74, 6) is 0. The second-order valence-corrected chi connectivity index (χ2v) is 6.86. The molecule has 1 aromatic heterocycles. The molecule has 23 heavy (non-hydrogen) atoms. The maximum absolute atomic E-state index is 12.1. The van der Waals surface area contributed by atoms with E-state index in [2.05, 4.69) is 9.71 Å². The van der Waals surface area contributed by atoms with Crippen LogP contribution in [0.1, 0.15) is 11.7 Å². The van der Waals surface area contributed by atoms with Crippen molar-refractivity contribution >= 4 is 20.8 Å². The van der Waals surface area contributed by atoms with Crippen molar-refractivity contribution in [2.45, 2.75) is 11.1 Å². The van der Waals surface area contributed by atoms with Gasteiger partial charge in [0.15, 0.2) is 5.03 Å². The number of aliphatic hydroxyl groups is 1. The summed E-state index contributed by atoms with van der Waals surface area (Å²) >= 11 is 0. The Hall–Kier alpha value is -2.28. The van der Waals surface area contributed by atoms with Gasteiger partial charge in [-0.3, -0.25) is 0 Å². The molecule has 0 bridgehead atoms. The van der Waals surface area contributed by atoms with Gasteiger partial charge in [0.1, 0.15) is 0 Å². The summed E-state index contributed by atoms with van der Waals surface area (Å²) in [5, 5.41) is 12.2. The van der Waals surface area contributed by atoms with Gasteiger partial charge in [-0.05, 0) is 34.5 Å². The first kappa shape index (κ1) is 15.6. The lowest BCUT2D eigenvalue weighted by Gasteiger charge is -2.13. The lowest BCUT2D eigenvalue weighted by molar-refractivity contribution is 0.182. The Morgan fingerprint density at radius 2 is 1.74 bits per heavy atom. The first-order valence-electron chi connectivity index (χ1n) is 7.14. The number of nitrogens with zero attached hydrogens (tertiary/aromatic N) is 1. The summed E-state index contributed by atoms with van der Waals surface area (Å²) in [6.45, 7) is -0.114. The van der Waals surface area contributed by atoms with E-state index < -0.39 is 16.1 Å². The standard InChI is InChI=1S/C17H16N2O3S/c20-16(12-19-23(21,22)17-7-3-4-10-18-17)15-9-8-13-5-1-2-6-14(13)11-15/h1-11,16,19-20H,12H2. The number of fused-ring (bicyclic) bond motifs is 1. The van der Waals surface area contributed by atoms with E-state index in [1.54, 1.807) is 18.2 Å². The van der Waals surface area contributed by atoms with Gasteiger partial charge < -0.3 is 5.11 Å². The molecular weight excluding hydrogens is 312 g/mol. The van der Waals surface area contributed by atoms with Gasteiger partial charge in [0.2, 0.25) is 0 Å². The van der Waals surface area contributed by atoms with Crippen molar-refractivity contribution in [1.82, 2.24) is 9.71 Å². The number of hydrogen-bond donors (Lipinski definition) is 2. The smallest absolute Gasteiger partial charge is 0.258 e. The molecule has 2 N–H and O–H groups in total. The summed E-state index contributed by atoms with van der Waals surface area (Å²) < 4.78 is 26.6. The summed E-state index contributed by atoms with van der Waals surface area (Å²) in [6.07, 6.45) is 0.479. The summed E-state index contributed by atoms with van der Waals surface area (Å²) in [6, 6.07) is 18.0. The predicted molar refractivity (Wildman–Crippen MR) is 88.3 cm³/mol. The number of nitrogens with one attached hydrogen (secondary N) is 1. The van der Waals surface area contributed by atoms with Crippen molar-refractivity contribution in [1.29, 1.82) is 0 Å². The molecule has 0 aliphatic carbocycles. The normalized spacial score (nSPS) is 13.1. The lowest BCUT2D eigenvalue weighted by atomic mass is 10.0. The van der Waals surface area contributed by atoms with Crippen LogP contribution in [0.3, 0.4) is 0 Å². The van der Waals surface area contributed by atoms with E-state index in [0.717, 1.165) is 10.8 Å². The Labute approximate surface area is 134 Å². The first-order chi connectivity index (χ1) is 11.1. The maximum Gasteiger partial charge on any atom is 0.258 e. The number of benzene rings is 2. The van der Waals surface area contributed by atoms with Crippen LogP contribution in [-0.4, -0.2) is 25.1 Å². The maximum atomic E-state index is 12.1. The lowest BCUT2D eigenvalue weighted by Crippen LogP contribution is -2.29. The van der Waals surface area contributed by atoms with E-state index >= 15 is 0 Å². The molecule has 0 saturated carbocycles. The van der Waals surface area contributed by atoms with Crippen LogP contribution >= 0.6 is 0 Å². The fraction of sp³-hybridized carbons (Fsp3) is 0.118. The van der Waals surface area contributed by atoms with Gasteiger partial charge in [0, 0.05) is 12.7 Å². The molecule has 1 atom stereocenters. The fourth-order valence-corrected chi connectivity index (χ4v) is 3.28. The molecular formula is C17H16N2O3S. The van der Waals surface area contributed by atoms with Crippen LogP contribution in [-0.2, 0) is 10.0 Å². The summed E-state index contributed by atoms with van der Waals surface area (Å²) in [7, 11) is -3.73. The quantitative estimate of drug-likeness (QED) is 0.753. The van der Waals surface area contributed by atoms with Crippen molar-refractivity contribution in [3.05, 3.63) is 72.4 Å². The molecule has 0 aliphatic rings. The molecule has 3 rings (SSSR count). The van der Waals surface area contributed by atoms with Gasteiger partial charge in [-0.15, -0.1) is 0 Å². The van der Waals surface area contributed by atoms with E-state index in [4.69, 9.17) is 0 Å². The van der Waals surface area contributed by atoms with E-state index in [-0.39, 0.29) is 11.6 Å². The van der Waals surface area contributed by atoms with Crippen LogP contribution < -0.4 is 4.72 Å². The molecule has 0 radical (unpaired) electrons. The van der Waals surface area contributed by atoms with Crippen molar-refractivity contribution < 1.29 is 13.5 Å². The summed E-state index contributed by atoms with van der Waals surface area (Å²) in [4.78, 5) is 3.81. The van der Waals surface area contributed by atoms with Crippen molar-refractivity contribution in [3.8, 4) is 0 Å². The number of pyridine rings is 1. The second kappa shape index (κ2) is 6.45. The molecule has 118 valence electrons. The number of sulfonamides is 1. The monoisotopic (exact) mass is 328 g/mol. The average Bonchev–Trinajstić information content (AvgIpc) is 2.60.